The van der Waals surface area contributed by atoms with Crippen LogP contribution in [0.15, 0.2) is 36.4 Å². The first-order chi connectivity index (χ1) is 13.2. The standard InChI is InChI=1S/C21H26N2O5/c1-21(2,3)14-6-8-15(9-7-14)23-20(25)13-10-16(26-4)19(17(11-13)27-5)28-12-18(22)24/h6-11H,12H2,1-5H3,(H2,22,24)(H,23,25). The summed E-state index contributed by atoms with van der Waals surface area (Å²) in [5.74, 6) is -0.247. The summed E-state index contributed by atoms with van der Waals surface area (Å²) in [5, 5.41) is 2.84. The van der Waals surface area contributed by atoms with Crippen LogP contribution in [0.3, 0.4) is 0 Å². The summed E-state index contributed by atoms with van der Waals surface area (Å²) >= 11 is 0. The molecule has 0 atom stereocenters. The summed E-state index contributed by atoms with van der Waals surface area (Å²) in [7, 11) is 2.86. The molecule has 2 rings (SSSR count). The third-order valence-electron chi connectivity index (χ3n) is 4.09. The van der Waals surface area contributed by atoms with Crippen molar-refractivity contribution < 1.29 is 23.8 Å². The molecule has 7 heteroatoms. The van der Waals surface area contributed by atoms with Crippen molar-refractivity contribution in [2.75, 3.05) is 26.1 Å². The number of hydrogen-bond donors (Lipinski definition) is 2. The first kappa shape index (κ1) is 21.1. The van der Waals surface area contributed by atoms with Crippen molar-refractivity contribution in [2.45, 2.75) is 26.2 Å². The van der Waals surface area contributed by atoms with Crippen molar-refractivity contribution in [3.8, 4) is 17.2 Å². The van der Waals surface area contributed by atoms with Gasteiger partial charge in [0.25, 0.3) is 11.8 Å². The third-order valence-corrected chi connectivity index (χ3v) is 4.09. The molecule has 0 radical (unpaired) electrons. The lowest BCUT2D eigenvalue weighted by atomic mass is 9.87. The highest BCUT2D eigenvalue weighted by molar-refractivity contribution is 6.05. The Bertz CT molecular complexity index is 829. The Morgan fingerprint density at radius 3 is 1.96 bits per heavy atom. The molecular weight excluding hydrogens is 360 g/mol. The molecule has 150 valence electrons. The van der Waals surface area contributed by atoms with Crippen molar-refractivity contribution >= 4 is 17.5 Å². The van der Waals surface area contributed by atoms with E-state index in [-0.39, 0.29) is 35.2 Å². The molecule has 0 spiro atoms. The molecule has 0 aromatic heterocycles. The minimum atomic E-state index is -0.635. The summed E-state index contributed by atoms with van der Waals surface area (Å²) in [4.78, 5) is 23.7. The number of hydrogen-bond acceptors (Lipinski definition) is 5. The van der Waals surface area contributed by atoms with Gasteiger partial charge in [-0.15, -0.1) is 0 Å². The highest BCUT2D eigenvalue weighted by Gasteiger charge is 2.19. The van der Waals surface area contributed by atoms with Crippen LogP contribution in [-0.4, -0.2) is 32.6 Å². The molecule has 28 heavy (non-hydrogen) atoms. The maximum atomic E-state index is 12.7. The van der Waals surface area contributed by atoms with Gasteiger partial charge in [-0.05, 0) is 35.2 Å². The molecule has 0 aliphatic carbocycles. The van der Waals surface area contributed by atoms with Crippen molar-refractivity contribution in [1.29, 1.82) is 0 Å². The highest BCUT2D eigenvalue weighted by Crippen LogP contribution is 2.38. The lowest BCUT2D eigenvalue weighted by Gasteiger charge is -2.19. The van der Waals surface area contributed by atoms with Gasteiger partial charge in [0.1, 0.15) is 0 Å². The van der Waals surface area contributed by atoms with Crippen LogP contribution in [0.25, 0.3) is 0 Å². The van der Waals surface area contributed by atoms with E-state index in [0.717, 1.165) is 0 Å². The van der Waals surface area contributed by atoms with E-state index in [4.69, 9.17) is 19.9 Å². The van der Waals surface area contributed by atoms with Gasteiger partial charge >= 0.3 is 0 Å². The number of amides is 2. The van der Waals surface area contributed by atoms with Crippen LogP contribution in [0.5, 0.6) is 17.2 Å². The summed E-state index contributed by atoms with van der Waals surface area (Å²) < 4.78 is 15.9. The minimum Gasteiger partial charge on any atom is -0.493 e. The maximum Gasteiger partial charge on any atom is 0.255 e. The maximum absolute atomic E-state index is 12.7. The van der Waals surface area contributed by atoms with E-state index in [0.29, 0.717) is 11.3 Å². The van der Waals surface area contributed by atoms with Crippen molar-refractivity contribution in [3.05, 3.63) is 47.5 Å². The molecule has 0 fully saturated rings. The van der Waals surface area contributed by atoms with Crippen molar-refractivity contribution in [1.82, 2.24) is 0 Å². The summed E-state index contributed by atoms with van der Waals surface area (Å²) in [6.07, 6.45) is 0. The van der Waals surface area contributed by atoms with Crippen LogP contribution in [0.2, 0.25) is 0 Å². The monoisotopic (exact) mass is 386 g/mol. The molecule has 0 aliphatic rings. The van der Waals surface area contributed by atoms with Gasteiger partial charge in [-0.25, -0.2) is 0 Å². The Labute approximate surface area is 164 Å². The highest BCUT2D eigenvalue weighted by atomic mass is 16.5. The Hall–Kier alpha value is -3.22. The smallest absolute Gasteiger partial charge is 0.255 e. The van der Waals surface area contributed by atoms with Gasteiger partial charge in [-0.1, -0.05) is 32.9 Å². The lowest BCUT2D eigenvalue weighted by Crippen LogP contribution is -2.20. The zero-order chi connectivity index (χ0) is 20.9. The number of carbonyl (C=O) groups is 2. The first-order valence-corrected chi connectivity index (χ1v) is 8.74. The number of methoxy groups -OCH3 is 2. The van der Waals surface area contributed by atoms with Gasteiger partial charge in [-0.2, -0.15) is 0 Å². The predicted molar refractivity (Wildman–Crippen MR) is 107 cm³/mol. The quantitative estimate of drug-likeness (QED) is 0.762. The van der Waals surface area contributed by atoms with E-state index in [1.165, 1.54) is 31.9 Å². The third kappa shape index (κ3) is 5.16. The van der Waals surface area contributed by atoms with Gasteiger partial charge in [0.2, 0.25) is 5.75 Å². The second-order valence-corrected chi connectivity index (χ2v) is 7.25. The van der Waals surface area contributed by atoms with E-state index in [1.807, 2.05) is 24.3 Å². The van der Waals surface area contributed by atoms with Gasteiger partial charge < -0.3 is 25.3 Å². The van der Waals surface area contributed by atoms with Crippen LogP contribution in [0.4, 0.5) is 5.69 Å². The molecule has 0 aliphatic heterocycles. The van der Waals surface area contributed by atoms with E-state index < -0.39 is 5.91 Å². The fraction of sp³-hybridized carbons (Fsp3) is 0.333. The van der Waals surface area contributed by atoms with Gasteiger partial charge in [0.15, 0.2) is 18.1 Å². The molecule has 2 aromatic carbocycles. The fourth-order valence-corrected chi connectivity index (χ4v) is 2.55. The molecule has 2 amide bonds. The number of nitrogens with two attached hydrogens (primary N) is 1. The molecule has 7 nitrogen and oxygen atoms in total. The zero-order valence-electron chi connectivity index (χ0n) is 16.8. The minimum absolute atomic E-state index is 0.0318. The van der Waals surface area contributed by atoms with Gasteiger partial charge in [-0.3, -0.25) is 9.59 Å². The number of rotatable bonds is 7. The number of primary amides is 1. The number of nitrogens with one attached hydrogen (secondary N) is 1. The van der Waals surface area contributed by atoms with E-state index in [9.17, 15) is 9.59 Å². The van der Waals surface area contributed by atoms with E-state index in [2.05, 4.69) is 26.1 Å². The molecule has 0 unspecified atom stereocenters. The molecule has 3 N–H and O–H groups in total. The van der Waals surface area contributed by atoms with Crippen molar-refractivity contribution in [3.63, 3.8) is 0 Å². The molecule has 0 saturated heterocycles. The van der Waals surface area contributed by atoms with E-state index in [1.54, 1.807) is 0 Å². The second kappa shape index (κ2) is 8.65. The largest absolute Gasteiger partial charge is 0.493 e. The number of anilines is 1. The molecule has 0 bridgehead atoms. The molecular formula is C21H26N2O5. The summed E-state index contributed by atoms with van der Waals surface area (Å²) in [6, 6.07) is 10.7. The Morgan fingerprint density at radius 1 is 1.00 bits per heavy atom. The van der Waals surface area contributed by atoms with Crippen LogP contribution in [0, 0.1) is 0 Å². The number of carbonyl (C=O) groups excluding carboxylic acids is 2. The average Bonchev–Trinajstić information content (AvgIpc) is 2.65. The number of benzene rings is 2. The SMILES string of the molecule is COc1cc(C(=O)Nc2ccc(C(C)(C)C)cc2)cc(OC)c1OCC(N)=O. The predicted octanol–water partition coefficient (Wildman–Crippen LogP) is 3.12. The Kier molecular flexibility index (Phi) is 6.51. The normalized spacial score (nSPS) is 10.9. The second-order valence-electron chi connectivity index (χ2n) is 7.25. The van der Waals surface area contributed by atoms with Gasteiger partial charge in [0.05, 0.1) is 14.2 Å². The Balaban J connectivity index is 2.26. The van der Waals surface area contributed by atoms with Crippen LogP contribution in [0.1, 0.15) is 36.7 Å². The van der Waals surface area contributed by atoms with Crippen molar-refractivity contribution in [2.24, 2.45) is 5.73 Å². The topological polar surface area (TPSA) is 99.9 Å². The number of ether oxygens (including phenoxy) is 3. The van der Waals surface area contributed by atoms with Crippen LogP contribution >= 0.6 is 0 Å². The summed E-state index contributed by atoms with van der Waals surface area (Å²) in [6.45, 7) is 6.04. The van der Waals surface area contributed by atoms with Gasteiger partial charge in [0, 0.05) is 11.3 Å². The average molecular weight is 386 g/mol. The Morgan fingerprint density at radius 2 is 1.54 bits per heavy atom. The summed E-state index contributed by atoms with van der Waals surface area (Å²) in [5.41, 5.74) is 7.31. The molecule has 0 saturated carbocycles. The zero-order valence-corrected chi connectivity index (χ0v) is 16.8. The molecule has 2 aromatic rings. The van der Waals surface area contributed by atoms with Crippen LogP contribution in [-0.2, 0) is 10.2 Å². The van der Waals surface area contributed by atoms with Crippen LogP contribution < -0.4 is 25.3 Å². The fourth-order valence-electron chi connectivity index (χ4n) is 2.55. The first-order valence-electron chi connectivity index (χ1n) is 8.74. The lowest BCUT2D eigenvalue weighted by molar-refractivity contribution is -0.120. The molecule has 0 heterocycles. The van der Waals surface area contributed by atoms with E-state index >= 15 is 0 Å².